The molecule has 25 heavy (non-hydrogen) atoms. The van der Waals surface area contributed by atoms with Gasteiger partial charge in [-0.15, -0.1) is 0 Å². The largest absolute Gasteiger partial charge is 0.350 e. The fourth-order valence-corrected chi connectivity index (χ4v) is 2.69. The van der Waals surface area contributed by atoms with Gasteiger partial charge in [-0.05, 0) is 57.1 Å². The second-order valence-electron chi connectivity index (χ2n) is 6.91. The lowest BCUT2D eigenvalue weighted by Gasteiger charge is -2.30. The summed E-state index contributed by atoms with van der Waals surface area (Å²) in [5, 5.41) is 3.03. The maximum Gasteiger partial charge on any atom is 0.234 e. The summed E-state index contributed by atoms with van der Waals surface area (Å²) in [7, 11) is 1.85. The minimum Gasteiger partial charge on any atom is -0.350 e. The van der Waals surface area contributed by atoms with Crippen molar-refractivity contribution in [3.63, 3.8) is 0 Å². The molecule has 0 saturated heterocycles. The third kappa shape index (κ3) is 5.36. The van der Waals surface area contributed by atoms with Gasteiger partial charge >= 0.3 is 0 Å². The Bertz CT molecular complexity index is 703. The normalized spacial score (nSPS) is 12.9. The zero-order valence-corrected chi connectivity index (χ0v) is 15.3. The van der Waals surface area contributed by atoms with Gasteiger partial charge in [0.1, 0.15) is 5.82 Å². The van der Waals surface area contributed by atoms with Crippen LogP contribution in [0.2, 0.25) is 0 Å². The molecule has 134 valence electrons. The summed E-state index contributed by atoms with van der Waals surface area (Å²) in [6, 6.07) is 11.7. The first kappa shape index (κ1) is 19.1. The van der Waals surface area contributed by atoms with Crippen molar-refractivity contribution >= 4 is 5.91 Å². The summed E-state index contributed by atoms with van der Waals surface area (Å²) in [4.78, 5) is 18.7. The summed E-state index contributed by atoms with van der Waals surface area (Å²) in [6.07, 6.45) is 2.55. The van der Waals surface area contributed by atoms with Gasteiger partial charge in [0.15, 0.2) is 0 Å². The summed E-state index contributed by atoms with van der Waals surface area (Å²) >= 11 is 0. The first-order chi connectivity index (χ1) is 11.8. The lowest BCUT2D eigenvalue weighted by Crippen LogP contribution is -2.47. The fourth-order valence-electron chi connectivity index (χ4n) is 2.69. The molecule has 0 fully saturated rings. The molecule has 5 heteroatoms. The van der Waals surface area contributed by atoms with Crippen molar-refractivity contribution in [1.82, 2.24) is 15.2 Å². The van der Waals surface area contributed by atoms with E-state index in [-0.39, 0.29) is 29.8 Å². The van der Waals surface area contributed by atoms with Crippen LogP contribution in [-0.2, 0) is 4.79 Å². The van der Waals surface area contributed by atoms with Gasteiger partial charge in [0.2, 0.25) is 5.91 Å². The summed E-state index contributed by atoms with van der Waals surface area (Å²) in [5.74, 6) is -0.366. The van der Waals surface area contributed by atoms with Gasteiger partial charge in [0.25, 0.3) is 0 Å². The van der Waals surface area contributed by atoms with E-state index in [4.69, 9.17) is 0 Å². The van der Waals surface area contributed by atoms with E-state index in [0.717, 1.165) is 17.7 Å². The number of likely N-dealkylation sites (N-methyl/N-ethyl adjacent to an activating group) is 1. The molecule has 1 N–H and O–H groups in total. The lowest BCUT2D eigenvalue weighted by atomic mass is 10.0. The molecule has 0 spiro atoms. The van der Waals surface area contributed by atoms with Gasteiger partial charge < -0.3 is 5.32 Å². The molecule has 1 amide bonds. The van der Waals surface area contributed by atoms with Crippen LogP contribution in [0.25, 0.3) is 0 Å². The van der Waals surface area contributed by atoms with Gasteiger partial charge in [-0.25, -0.2) is 4.39 Å². The molecule has 0 aliphatic heterocycles. The molecule has 0 aliphatic rings. The van der Waals surface area contributed by atoms with Gasteiger partial charge in [-0.3, -0.25) is 14.7 Å². The molecule has 0 bridgehead atoms. The molecule has 2 rings (SSSR count). The van der Waals surface area contributed by atoms with Crippen LogP contribution < -0.4 is 5.32 Å². The van der Waals surface area contributed by atoms with Crippen molar-refractivity contribution in [2.75, 3.05) is 13.6 Å². The summed E-state index contributed by atoms with van der Waals surface area (Å²) < 4.78 is 13.7. The SMILES string of the molecule is CCC(C)(C)NC(=O)CN(C)[C@H](c1cccc(F)c1)c1ccccn1. The molecule has 1 aromatic heterocycles. The summed E-state index contributed by atoms with van der Waals surface area (Å²) in [5.41, 5.74) is 1.29. The van der Waals surface area contributed by atoms with Crippen LogP contribution in [0.5, 0.6) is 0 Å². The highest BCUT2D eigenvalue weighted by atomic mass is 19.1. The maximum atomic E-state index is 13.7. The van der Waals surface area contributed by atoms with E-state index in [1.165, 1.54) is 12.1 Å². The number of nitrogens with one attached hydrogen (secondary N) is 1. The number of hydrogen-bond acceptors (Lipinski definition) is 3. The Balaban J connectivity index is 2.25. The number of halogens is 1. The van der Waals surface area contributed by atoms with Crippen molar-refractivity contribution in [2.45, 2.75) is 38.8 Å². The highest BCUT2D eigenvalue weighted by Gasteiger charge is 2.25. The van der Waals surface area contributed by atoms with E-state index in [1.54, 1.807) is 12.3 Å². The Morgan fingerprint density at radius 1 is 1.28 bits per heavy atom. The highest BCUT2D eigenvalue weighted by molar-refractivity contribution is 5.78. The Morgan fingerprint density at radius 2 is 2.04 bits per heavy atom. The van der Waals surface area contributed by atoms with Crippen LogP contribution >= 0.6 is 0 Å². The number of benzene rings is 1. The van der Waals surface area contributed by atoms with Crippen LogP contribution in [-0.4, -0.2) is 34.9 Å². The van der Waals surface area contributed by atoms with Crippen LogP contribution in [0.3, 0.4) is 0 Å². The fraction of sp³-hybridized carbons (Fsp3) is 0.400. The van der Waals surface area contributed by atoms with Crippen molar-refractivity contribution in [3.05, 3.63) is 65.7 Å². The molecule has 0 unspecified atom stereocenters. The molecular formula is C20H26FN3O. The zero-order valence-electron chi connectivity index (χ0n) is 15.3. The van der Waals surface area contributed by atoms with Crippen molar-refractivity contribution in [2.24, 2.45) is 0 Å². The van der Waals surface area contributed by atoms with E-state index >= 15 is 0 Å². The highest BCUT2D eigenvalue weighted by Crippen LogP contribution is 2.26. The average molecular weight is 343 g/mol. The molecule has 0 radical (unpaired) electrons. The number of pyridine rings is 1. The van der Waals surface area contributed by atoms with Gasteiger partial charge in [0.05, 0.1) is 18.3 Å². The topological polar surface area (TPSA) is 45.2 Å². The zero-order chi connectivity index (χ0) is 18.4. The molecule has 1 atom stereocenters. The van der Waals surface area contributed by atoms with E-state index in [0.29, 0.717) is 0 Å². The first-order valence-corrected chi connectivity index (χ1v) is 8.50. The number of hydrogen-bond donors (Lipinski definition) is 1. The van der Waals surface area contributed by atoms with E-state index in [1.807, 2.05) is 57.0 Å². The quantitative estimate of drug-likeness (QED) is 0.836. The summed E-state index contributed by atoms with van der Waals surface area (Å²) in [6.45, 7) is 6.22. The Morgan fingerprint density at radius 3 is 2.64 bits per heavy atom. The lowest BCUT2D eigenvalue weighted by molar-refractivity contribution is -0.123. The molecule has 1 aromatic carbocycles. The predicted molar refractivity (Wildman–Crippen MR) is 97.6 cm³/mol. The van der Waals surface area contributed by atoms with E-state index in [2.05, 4.69) is 10.3 Å². The smallest absolute Gasteiger partial charge is 0.234 e. The third-order valence-electron chi connectivity index (χ3n) is 4.33. The second kappa shape index (κ2) is 8.21. The van der Waals surface area contributed by atoms with Gasteiger partial charge in [-0.2, -0.15) is 0 Å². The van der Waals surface area contributed by atoms with E-state index < -0.39 is 0 Å². The standard InChI is InChI=1S/C20H26FN3O/c1-5-20(2,3)23-18(25)14-24(4)19(17-11-6-7-12-22-17)15-9-8-10-16(21)13-15/h6-13,19H,5,14H2,1-4H3,(H,23,25)/t19-/m1/s1. The van der Waals surface area contributed by atoms with Crippen molar-refractivity contribution in [3.8, 4) is 0 Å². The Labute approximate surface area is 149 Å². The van der Waals surface area contributed by atoms with Gasteiger partial charge in [-0.1, -0.05) is 25.1 Å². The molecule has 4 nitrogen and oxygen atoms in total. The maximum absolute atomic E-state index is 13.7. The van der Waals surface area contributed by atoms with Crippen molar-refractivity contribution in [1.29, 1.82) is 0 Å². The van der Waals surface area contributed by atoms with Crippen molar-refractivity contribution < 1.29 is 9.18 Å². The molecule has 0 aliphatic carbocycles. The molecule has 1 heterocycles. The monoisotopic (exact) mass is 343 g/mol. The average Bonchev–Trinajstić information content (AvgIpc) is 2.55. The molecule has 0 saturated carbocycles. The number of carbonyl (C=O) groups excluding carboxylic acids is 1. The first-order valence-electron chi connectivity index (χ1n) is 8.50. The number of amides is 1. The van der Waals surface area contributed by atoms with E-state index in [9.17, 15) is 9.18 Å². The van der Waals surface area contributed by atoms with Crippen LogP contribution in [0, 0.1) is 5.82 Å². The third-order valence-corrected chi connectivity index (χ3v) is 4.33. The number of carbonyl (C=O) groups is 1. The minimum absolute atomic E-state index is 0.0633. The minimum atomic E-state index is -0.302. The Hall–Kier alpha value is -2.27. The Kier molecular flexibility index (Phi) is 6.26. The van der Waals surface area contributed by atoms with Crippen LogP contribution in [0.1, 0.15) is 44.5 Å². The van der Waals surface area contributed by atoms with Gasteiger partial charge in [0, 0.05) is 11.7 Å². The number of rotatable bonds is 7. The number of nitrogens with zero attached hydrogens (tertiary/aromatic N) is 2. The van der Waals surface area contributed by atoms with Crippen LogP contribution in [0.4, 0.5) is 4.39 Å². The predicted octanol–water partition coefficient (Wildman–Crippen LogP) is 3.55. The second-order valence-corrected chi connectivity index (χ2v) is 6.91. The number of aromatic nitrogens is 1. The van der Waals surface area contributed by atoms with Crippen LogP contribution in [0.15, 0.2) is 48.7 Å². The molecule has 2 aromatic rings. The molecular weight excluding hydrogens is 317 g/mol.